The molecule has 152 valence electrons. The van der Waals surface area contributed by atoms with E-state index in [4.69, 9.17) is 5.14 Å². The van der Waals surface area contributed by atoms with Crippen molar-refractivity contribution >= 4 is 33.2 Å². The molecule has 1 heterocycles. The Morgan fingerprint density at radius 1 is 1.14 bits per heavy atom. The summed E-state index contributed by atoms with van der Waals surface area (Å²) in [5.74, 6) is -0.351. The highest BCUT2D eigenvalue weighted by molar-refractivity contribution is 7.89. The molecular formula is C20H22N4O4S. The van der Waals surface area contributed by atoms with Crippen LogP contribution in [0.25, 0.3) is 0 Å². The van der Waals surface area contributed by atoms with Crippen molar-refractivity contribution in [2.24, 2.45) is 5.14 Å². The van der Waals surface area contributed by atoms with Gasteiger partial charge in [-0.1, -0.05) is 6.07 Å². The largest absolute Gasteiger partial charge is 0.362 e. The average Bonchev–Trinajstić information content (AvgIpc) is 3.40. The number of nitrogens with one attached hydrogen (secondary N) is 2. The predicted octanol–water partition coefficient (Wildman–Crippen LogP) is 1.23. The van der Waals surface area contributed by atoms with Crippen LogP contribution in [0.4, 0.5) is 11.4 Å². The first kappa shape index (κ1) is 19.4. The highest BCUT2D eigenvalue weighted by Gasteiger charge is 2.25. The van der Waals surface area contributed by atoms with E-state index in [2.05, 4.69) is 10.6 Å². The zero-order valence-corrected chi connectivity index (χ0v) is 16.5. The maximum absolute atomic E-state index is 12.5. The lowest BCUT2D eigenvalue weighted by molar-refractivity contribution is -0.115. The van der Waals surface area contributed by atoms with Gasteiger partial charge in [-0.05, 0) is 61.2 Å². The molecule has 0 unspecified atom stereocenters. The Bertz CT molecular complexity index is 1080. The number of sulfonamides is 1. The normalized spacial score (nSPS) is 15.7. The molecule has 1 aliphatic heterocycles. The second kappa shape index (κ2) is 7.49. The third kappa shape index (κ3) is 4.57. The van der Waals surface area contributed by atoms with Crippen molar-refractivity contribution < 1.29 is 18.0 Å². The standard InChI is InChI=1S/C20H22N4O4S/c21-29(27,28)17-6-7-18-13(11-17)8-9-24(18)12-19(25)22-16-3-1-2-14(10-16)20(26)23-15-4-5-15/h1-3,6-7,10-11,15H,4-5,8-9,12H2,(H,22,25)(H,23,26)(H2,21,27,28). The number of carbonyl (C=O) groups excluding carboxylic acids is 2. The smallest absolute Gasteiger partial charge is 0.251 e. The van der Waals surface area contributed by atoms with Gasteiger partial charge in [0.15, 0.2) is 0 Å². The number of hydrogen-bond donors (Lipinski definition) is 3. The molecule has 0 bridgehead atoms. The summed E-state index contributed by atoms with van der Waals surface area (Å²) in [6.45, 7) is 0.737. The number of nitrogens with two attached hydrogens (primary N) is 1. The molecule has 1 saturated carbocycles. The van der Waals surface area contributed by atoms with Crippen LogP contribution in [-0.2, 0) is 21.2 Å². The zero-order chi connectivity index (χ0) is 20.6. The molecule has 8 nitrogen and oxygen atoms in total. The predicted molar refractivity (Wildman–Crippen MR) is 109 cm³/mol. The topological polar surface area (TPSA) is 122 Å². The van der Waals surface area contributed by atoms with Crippen LogP contribution in [0.15, 0.2) is 47.4 Å². The minimum Gasteiger partial charge on any atom is -0.362 e. The molecule has 9 heteroatoms. The van der Waals surface area contributed by atoms with Crippen molar-refractivity contribution in [3.05, 3.63) is 53.6 Å². The molecule has 2 aromatic carbocycles. The Balaban J connectivity index is 1.40. The Morgan fingerprint density at radius 3 is 2.66 bits per heavy atom. The number of hydrogen-bond acceptors (Lipinski definition) is 5. The van der Waals surface area contributed by atoms with Crippen LogP contribution in [0.2, 0.25) is 0 Å². The second-order valence-corrected chi connectivity index (χ2v) is 8.95. The van der Waals surface area contributed by atoms with E-state index in [0.717, 1.165) is 24.1 Å². The summed E-state index contributed by atoms with van der Waals surface area (Å²) in [5, 5.41) is 10.9. The quantitative estimate of drug-likeness (QED) is 0.656. The molecule has 0 aromatic heterocycles. The second-order valence-electron chi connectivity index (χ2n) is 7.38. The Labute approximate surface area is 169 Å². The number of amides is 2. The molecule has 4 N–H and O–H groups in total. The third-order valence-corrected chi connectivity index (χ3v) is 5.94. The van der Waals surface area contributed by atoms with E-state index in [-0.39, 0.29) is 29.3 Å². The monoisotopic (exact) mass is 414 g/mol. The van der Waals surface area contributed by atoms with Gasteiger partial charge in [-0.2, -0.15) is 0 Å². The number of carbonyl (C=O) groups is 2. The Kier molecular flexibility index (Phi) is 5.01. The van der Waals surface area contributed by atoms with E-state index in [9.17, 15) is 18.0 Å². The molecule has 2 aromatic rings. The number of fused-ring (bicyclic) bond motifs is 1. The van der Waals surface area contributed by atoms with Gasteiger partial charge in [-0.25, -0.2) is 13.6 Å². The summed E-state index contributed by atoms with van der Waals surface area (Å²) in [6.07, 6.45) is 2.67. The molecule has 1 fully saturated rings. The lowest BCUT2D eigenvalue weighted by Gasteiger charge is -2.19. The van der Waals surface area contributed by atoms with Crippen LogP contribution in [0.5, 0.6) is 0 Å². The molecule has 0 radical (unpaired) electrons. The molecule has 2 amide bonds. The number of nitrogens with zero attached hydrogens (tertiary/aromatic N) is 1. The van der Waals surface area contributed by atoms with E-state index in [1.165, 1.54) is 6.07 Å². The first-order valence-corrected chi connectivity index (χ1v) is 11.0. The van der Waals surface area contributed by atoms with Crippen LogP contribution in [0, 0.1) is 0 Å². The lowest BCUT2D eigenvalue weighted by Crippen LogP contribution is -2.32. The number of benzene rings is 2. The van der Waals surface area contributed by atoms with E-state index >= 15 is 0 Å². The van der Waals surface area contributed by atoms with Crippen LogP contribution < -0.4 is 20.7 Å². The SMILES string of the molecule is NS(=O)(=O)c1ccc2c(c1)CCN2CC(=O)Nc1cccc(C(=O)NC2CC2)c1. The molecule has 29 heavy (non-hydrogen) atoms. The molecule has 1 aliphatic carbocycles. The van der Waals surface area contributed by atoms with Gasteiger partial charge in [-0.3, -0.25) is 9.59 Å². The van der Waals surface area contributed by atoms with E-state index < -0.39 is 10.0 Å². The van der Waals surface area contributed by atoms with Crippen molar-refractivity contribution in [1.29, 1.82) is 0 Å². The fourth-order valence-corrected chi connectivity index (χ4v) is 3.96. The van der Waals surface area contributed by atoms with Gasteiger partial charge < -0.3 is 15.5 Å². The highest BCUT2D eigenvalue weighted by Crippen LogP contribution is 2.29. The van der Waals surface area contributed by atoms with Crippen LogP contribution in [-0.4, -0.2) is 39.4 Å². The first-order valence-electron chi connectivity index (χ1n) is 9.41. The van der Waals surface area contributed by atoms with Gasteiger partial charge in [0.25, 0.3) is 5.91 Å². The zero-order valence-electron chi connectivity index (χ0n) is 15.7. The van der Waals surface area contributed by atoms with E-state index in [1.54, 1.807) is 36.4 Å². The maximum atomic E-state index is 12.5. The van der Waals surface area contributed by atoms with Gasteiger partial charge in [0.2, 0.25) is 15.9 Å². The van der Waals surface area contributed by atoms with Gasteiger partial charge in [0.05, 0.1) is 11.4 Å². The minimum atomic E-state index is -3.75. The van der Waals surface area contributed by atoms with Gasteiger partial charge in [0, 0.05) is 29.5 Å². The van der Waals surface area contributed by atoms with Crippen molar-refractivity contribution in [2.75, 3.05) is 23.3 Å². The third-order valence-electron chi connectivity index (χ3n) is 5.03. The minimum absolute atomic E-state index is 0.0730. The van der Waals surface area contributed by atoms with Crippen LogP contribution >= 0.6 is 0 Å². The summed E-state index contributed by atoms with van der Waals surface area (Å²) in [7, 11) is -3.75. The first-order chi connectivity index (χ1) is 13.8. The molecule has 0 saturated heterocycles. The lowest BCUT2D eigenvalue weighted by atomic mass is 10.2. The number of rotatable bonds is 6. The van der Waals surface area contributed by atoms with Gasteiger partial charge >= 0.3 is 0 Å². The van der Waals surface area contributed by atoms with E-state index in [1.807, 2.05) is 4.90 Å². The Morgan fingerprint density at radius 2 is 1.93 bits per heavy atom. The summed E-state index contributed by atoms with van der Waals surface area (Å²) in [6, 6.07) is 11.8. The van der Waals surface area contributed by atoms with Gasteiger partial charge in [-0.15, -0.1) is 0 Å². The molecule has 2 aliphatic rings. The number of primary sulfonamides is 1. The fourth-order valence-electron chi connectivity index (χ4n) is 3.40. The van der Waals surface area contributed by atoms with Crippen molar-refractivity contribution in [3.8, 4) is 0 Å². The van der Waals surface area contributed by atoms with Crippen molar-refractivity contribution in [1.82, 2.24) is 5.32 Å². The summed E-state index contributed by atoms with van der Waals surface area (Å²) in [5.41, 5.74) is 2.74. The molecule has 0 spiro atoms. The summed E-state index contributed by atoms with van der Waals surface area (Å²) < 4.78 is 23.0. The number of anilines is 2. The van der Waals surface area contributed by atoms with Crippen LogP contribution in [0.1, 0.15) is 28.8 Å². The Hall–Kier alpha value is -2.91. The summed E-state index contributed by atoms with van der Waals surface area (Å²) >= 11 is 0. The van der Waals surface area contributed by atoms with Crippen molar-refractivity contribution in [3.63, 3.8) is 0 Å². The van der Waals surface area contributed by atoms with Gasteiger partial charge in [0.1, 0.15) is 0 Å². The molecular weight excluding hydrogens is 392 g/mol. The van der Waals surface area contributed by atoms with Crippen LogP contribution in [0.3, 0.4) is 0 Å². The fraction of sp³-hybridized carbons (Fsp3) is 0.300. The summed E-state index contributed by atoms with van der Waals surface area (Å²) in [4.78, 5) is 26.6. The molecule has 4 rings (SSSR count). The molecule has 0 atom stereocenters. The van der Waals surface area contributed by atoms with Crippen molar-refractivity contribution in [2.45, 2.75) is 30.2 Å². The van der Waals surface area contributed by atoms with E-state index in [0.29, 0.717) is 24.2 Å². The average molecular weight is 414 g/mol. The highest BCUT2D eigenvalue weighted by atomic mass is 32.2. The maximum Gasteiger partial charge on any atom is 0.251 e.